The van der Waals surface area contributed by atoms with E-state index >= 15 is 0 Å². The van der Waals surface area contributed by atoms with Crippen LogP contribution in [0, 0.1) is 34.6 Å². The summed E-state index contributed by atoms with van der Waals surface area (Å²) in [6.45, 7) is 11.6. The number of rotatable bonds is 18. The second-order valence-electron chi connectivity index (χ2n) is 14.2. The number of nitrogens with two attached hydrogens (primary N) is 1. The number of aliphatic carboxylic acids is 2. The lowest BCUT2D eigenvalue weighted by atomic mass is 9.90. The van der Waals surface area contributed by atoms with Gasteiger partial charge in [-0.2, -0.15) is 0 Å². The number of amides is 2. The Bertz CT molecular complexity index is 1630. The third-order valence-corrected chi connectivity index (χ3v) is 11.0. The molecule has 2 amide bonds. The number of hydrogen-bond acceptors (Lipinski definition) is 13. The van der Waals surface area contributed by atoms with Crippen molar-refractivity contribution in [3.63, 3.8) is 0 Å². The van der Waals surface area contributed by atoms with E-state index in [1.807, 2.05) is 26.0 Å². The molecular weight excluding hydrogens is 766 g/mol. The quantitative estimate of drug-likeness (QED) is 0.0840. The minimum atomic E-state index is -2.32. The van der Waals surface area contributed by atoms with E-state index in [0.29, 0.717) is 25.4 Å². The van der Waals surface area contributed by atoms with Crippen molar-refractivity contribution in [2.75, 3.05) is 84.9 Å². The van der Waals surface area contributed by atoms with Crippen LogP contribution in [0.2, 0.25) is 0 Å². The fraction of sp³-hybridized carbons (Fsp3) is 0.568. The maximum absolute atomic E-state index is 12.7. The number of nitrogens with zero attached hydrogens (tertiary/aromatic N) is 4. The molecule has 19 heteroatoms. The summed E-state index contributed by atoms with van der Waals surface area (Å²) in [6.07, 6.45) is 0.402. The maximum atomic E-state index is 12.7. The summed E-state index contributed by atoms with van der Waals surface area (Å²) in [6, 6.07) is 7.24. The van der Waals surface area contributed by atoms with Gasteiger partial charge in [0.05, 0.1) is 26.0 Å². The van der Waals surface area contributed by atoms with Crippen LogP contribution in [-0.2, 0) is 23.7 Å². The van der Waals surface area contributed by atoms with Crippen LogP contribution in [0.4, 0.5) is 0 Å². The first-order valence-electron chi connectivity index (χ1n) is 18.5. The van der Waals surface area contributed by atoms with E-state index < -0.39 is 53.3 Å². The molecule has 1 heterocycles. The van der Waals surface area contributed by atoms with Crippen LogP contribution in [0.15, 0.2) is 24.3 Å². The van der Waals surface area contributed by atoms with Gasteiger partial charge in [0.15, 0.2) is 8.38 Å². The van der Waals surface area contributed by atoms with Crippen LogP contribution in [0.3, 0.4) is 0 Å². The lowest BCUT2D eigenvalue weighted by Gasteiger charge is -2.36. The molecule has 3 rings (SSSR count). The molecule has 2 aromatic rings. The SMILES string of the molecule is Cc1cc(C)c(-c2cc(C)c(OP(O)OCCCC(C(=O)O)N3CCN(CC(N)=O)CCN(CP(O)O)CCN(CC(=O)NCC(=O)O)CC3)cc2C)c(C)c1. The normalized spacial score (nSPS) is 16.8. The van der Waals surface area contributed by atoms with Crippen molar-refractivity contribution in [1.29, 1.82) is 0 Å². The number of primary amides is 1. The highest BCUT2D eigenvalue weighted by molar-refractivity contribution is 7.44. The summed E-state index contributed by atoms with van der Waals surface area (Å²) in [5.41, 5.74) is 13.1. The molecule has 1 saturated heterocycles. The Balaban J connectivity index is 1.69. The number of carbonyl (C=O) groups is 4. The van der Waals surface area contributed by atoms with E-state index in [2.05, 4.69) is 38.2 Å². The first-order valence-corrected chi connectivity index (χ1v) is 21.0. The van der Waals surface area contributed by atoms with Gasteiger partial charge in [-0.25, -0.2) is 0 Å². The van der Waals surface area contributed by atoms with Crippen molar-refractivity contribution >= 4 is 40.7 Å². The number of aryl methyl sites for hydroxylation is 5. The standard InChI is InChI=1S/C37H58N6O11P2/c1-25-17-28(4)36(29(5)18-25)30-19-27(3)32(20-26(30)2)54-56(52)53-16-6-7-31(37(48)49)43-14-12-40(22-33(38)44)8-10-42(24-55(50)51)11-9-41(13-15-43)23-34(45)39-21-35(46)47/h17-20,31,50-52H,6-16,21-24H2,1-5H3,(H2,38,44)(H,39,45)(H,46,47)(H,48,49). The molecular formula is C37H58N6O11P2. The van der Waals surface area contributed by atoms with E-state index in [1.165, 1.54) is 16.7 Å². The average Bonchev–Trinajstić information content (AvgIpc) is 3.08. The van der Waals surface area contributed by atoms with Crippen molar-refractivity contribution in [3.05, 3.63) is 52.1 Å². The van der Waals surface area contributed by atoms with Crippen LogP contribution in [0.25, 0.3) is 11.1 Å². The van der Waals surface area contributed by atoms with Crippen molar-refractivity contribution < 1.29 is 53.1 Å². The molecule has 1 aliphatic heterocycles. The van der Waals surface area contributed by atoms with E-state index in [1.54, 1.807) is 19.6 Å². The second kappa shape index (κ2) is 23.2. The fourth-order valence-electron chi connectivity index (χ4n) is 6.91. The summed E-state index contributed by atoms with van der Waals surface area (Å²) < 4.78 is 11.4. The number of carboxylic acids is 2. The summed E-state index contributed by atoms with van der Waals surface area (Å²) in [7, 11) is -4.58. The van der Waals surface area contributed by atoms with Gasteiger partial charge in [0, 0.05) is 52.4 Å². The molecule has 1 aliphatic rings. The first kappa shape index (κ1) is 47.0. The van der Waals surface area contributed by atoms with Gasteiger partial charge in [0.1, 0.15) is 18.3 Å². The van der Waals surface area contributed by atoms with Gasteiger partial charge in [-0.15, -0.1) is 0 Å². The Morgan fingerprint density at radius 1 is 0.786 bits per heavy atom. The smallest absolute Gasteiger partial charge is 0.394 e. The van der Waals surface area contributed by atoms with Gasteiger partial charge in [0.25, 0.3) is 0 Å². The van der Waals surface area contributed by atoms with Crippen LogP contribution in [0.1, 0.15) is 40.7 Å². The molecule has 2 unspecified atom stereocenters. The highest BCUT2D eigenvalue weighted by atomic mass is 31.2. The molecule has 2 aromatic carbocycles. The van der Waals surface area contributed by atoms with Crippen LogP contribution >= 0.6 is 17.0 Å². The minimum absolute atomic E-state index is 0.0197. The molecule has 56 heavy (non-hydrogen) atoms. The Morgan fingerprint density at radius 2 is 1.36 bits per heavy atom. The molecule has 0 aliphatic carbocycles. The number of carboxylic acid groups (broad SMARTS) is 2. The molecule has 0 saturated carbocycles. The number of hydrogen-bond donors (Lipinski definition) is 7. The molecule has 0 aromatic heterocycles. The summed E-state index contributed by atoms with van der Waals surface area (Å²) >= 11 is 0. The zero-order chi connectivity index (χ0) is 41.5. The minimum Gasteiger partial charge on any atom is -0.480 e. The number of benzene rings is 2. The van der Waals surface area contributed by atoms with Crippen LogP contribution in [-0.4, -0.2) is 159 Å². The monoisotopic (exact) mass is 824 g/mol. The number of nitrogens with one attached hydrogen (secondary N) is 1. The molecule has 1 fully saturated rings. The van der Waals surface area contributed by atoms with Crippen molar-refractivity contribution in [2.45, 2.75) is 53.5 Å². The van der Waals surface area contributed by atoms with Crippen LogP contribution in [0.5, 0.6) is 5.75 Å². The number of carbonyl (C=O) groups excluding carboxylic acids is 2. The summed E-state index contributed by atoms with van der Waals surface area (Å²) in [5, 5.41) is 21.7. The van der Waals surface area contributed by atoms with Gasteiger partial charge in [-0.05, 0) is 93.0 Å². The zero-order valence-electron chi connectivity index (χ0n) is 32.9. The molecule has 2 atom stereocenters. The molecule has 17 nitrogen and oxygen atoms in total. The van der Waals surface area contributed by atoms with Gasteiger partial charge in [-0.3, -0.25) is 38.8 Å². The van der Waals surface area contributed by atoms with Crippen molar-refractivity contribution in [3.8, 4) is 16.9 Å². The largest absolute Gasteiger partial charge is 0.480 e. The van der Waals surface area contributed by atoms with E-state index in [4.69, 9.17) is 19.9 Å². The molecule has 0 spiro atoms. The average molecular weight is 825 g/mol. The van der Waals surface area contributed by atoms with E-state index in [9.17, 15) is 39.0 Å². The molecule has 0 bridgehead atoms. The topological polar surface area (TPSA) is 239 Å². The van der Waals surface area contributed by atoms with Crippen LogP contribution < -0.4 is 15.6 Å². The van der Waals surface area contributed by atoms with E-state index in [0.717, 1.165) is 22.3 Å². The summed E-state index contributed by atoms with van der Waals surface area (Å²) in [4.78, 5) is 85.5. The van der Waals surface area contributed by atoms with Gasteiger partial charge in [0.2, 0.25) is 11.8 Å². The first-order chi connectivity index (χ1) is 26.4. The predicted molar refractivity (Wildman–Crippen MR) is 214 cm³/mol. The molecule has 0 radical (unpaired) electrons. The highest BCUT2D eigenvalue weighted by Gasteiger charge is 2.28. The van der Waals surface area contributed by atoms with Gasteiger partial charge < -0.3 is 45.0 Å². The highest BCUT2D eigenvalue weighted by Crippen LogP contribution is 2.40. The van der Waals surface area contributed by atoms with Gasteiger partial charge in [-0.1, -0.05) is 17.7 Å². The van der Waals surface area contributed by atoms with E-state index in [-0.39, 0.29) is 71.5 Å². The Labute approximate surface area is 331 Å². The fourth-order valence-corrected chi connectivity index (χ4v) is 8.25. The summed E-state index contributed by atoms with van der Waals surface area (Å²) in [5.74, 6) is -2.87. The van der Waals surface area contributed by atoms with Crippen molar-refractivity contribution in [1.82, 2.24) is 24.9 Å². The van der Waals surface area contributed by atoms with Gasteiger partial charge >= 0.3 is 20.5 Å². The Morgan fingerprint density at radius 3 is 1.91 bits per heavy atom. The Kier molecular flexibility index (Phi) is 19.5. The second-order valence-corrected chi connectivity index (χ2v) is 16.2. The van der Waals surface area contributed by atoms with Crippen molar-refractivity contribution in [2.24, 2.45) is 5.73 Å². The maximum Gasteiger partial charge on any atom is 0.394 e. The predicted octanol–water partition coefficient (Wildman–Crippen LogP) is 1.91. The lowest BCUT2D eigenvalue weighted by molar-refractivity contribution is -0.144. The zero-order valence-corrected chi connectivity index (χ0v) is 34.7. The Hall–Kier alpha value is -3.34. The lowest BCUT2D eigenvalue weighted by Crippen LogP contribution is -2.52. The molecule has 312 valence electrons. The molecule has 8 N–H and O–H groups in total. The third kappa shape index (κ3) is 15.9. The third-order valence-electron chi connectivity index (χ3n) is 9.58.